The van der Waals surface area contributed by atoms with Gasteiger partial charge >= 0.3 is 5.97 Å². The quantitative estimate of drug-likeness (QED) is 0.348. The number of carbonyl (C=O) groups excluding carboxylic acids is 1. The van der Waals surface area contributed by atoms with E-state index in [4.69, 9.17) is 4.74 Å². The maximum Gasteiger partial charge on any atom is 0.319 e. The summed E-state index contributed by atoms with van der Waals surface area (Å²) in [5.74, 6) is 0.915. The molecule has 0 heterocycles. The van der Waals surface area contributed by atoms with Gasteiger partial charge < -0.3 is 4.74 Å². The normalized spacial score (nSPS) is 14.0. The van der Waals surface area contributed by atoms with Crippen LogP contribution in [0.3, 0.4) is 0 Å². The maximum atomic E-state index is 12.6. The molecule has 0 aromatic rings. The molecule has 0 saturated carbocycles. The molecule has 0 radical (unpaired) electrons. The summed E-state index contributed by atoms with van der Waals surface area (Å²) in [7, 11) is 0. The molecule has 0 aliphatic heterocycles. The third-order valence-electron chi connectivity index (χ3n) is 3.10. The van der Waals surface area contributed by atoms with E-state index in [1.165, 1.54) is 0 Å². The molecule has 0 aromatic heterocycles. The van der Waals surface area contributed by atoms with Gasteiger partial charge in [0.05, 0.1) is 12.8 Å². The number of rotatable bonds is 13. The van der Waals surface area contributed by atoms with Crippen LogP contribution in [0, 0.1) is 0 Å². The van der Waals surface area contributed by atoms with E-state index in [1.807, 2.05) is 6.92 Å². The van der Waals surface area contributed by atoms with E-state index >= 15 is 0 Å². The average molecular weight is 306 g/mol. The molecule has 0 bridgehead atoms. The minimum absolute atomic E-state index is 0.0124. The Morgan fingerprint density at radius 1 is 1.10 bits per heavy atom. The minimum atomic E-state index is -0.691. The lowest BCUT2D eigenvalue weighted by Crippen LogP contribution is -2.21. The topological polar surface area (TPSA) is 26.3 Å². The lowest BCUT2D eigenvalue weighted by Gasteiger charge is -2.15. The Labute approximate surface area is 128 Å². The Bertz CT molecular complexity index is 235. The fourth-order valence-corrected chi connectivity index (χ4v) is 3.08. The van der Waals surface area contributed by atoms with Gasteiger partial charge in [-0.15, -0.1) is 11.8 Å². The second-order valence-electron chi connectivity index (χ2n) is 5.30. The van der Waals surface area contributed by atoms with Crippen LogP contribution >= 0.6 is 11.8 Å². The Morgan fingerprint density at radius 3 is 2.45 bits per heavy atom. The van der Waals surface area contributed by atoms with Gasteiger partial charge in [0.15, 0.2) is 0 Å². The summed E-state index contributed by atoms with van der Waals surface area (Å²) in [6, 6.07) is 0. The largest absolute Gasteiger partial charge is 0.465 e. The van der Waals surface area contributed by atoms with Crippen LogP contribution in [0.4, 0.5) is 4.39 Å². The third kappa shape index (κ3) is 11.6. The van der Waals surface area contributed by atoms with Gasteiger partial charge in [0.25, 0.3) is 0 Å². The third-order valence-corrected chi connectivity index (χ3v) is 4.45. The van der Waals surface area contributed by atoms with Crippen molar-refractivity contribution in [2.75, 3.05) is 12.4 Å². The molecule has 0 aliphatic carbocycles. The lowest BCUT2D eigenvalue weighted by atomic mass is 10.1. The molecule has 0 N–H and O–H groups in total. The van der Waals surface area contributed by atoms with E-state index in [0.717, 1.165) is 50.7 Å². The minimum Gasteiger partial charge on any atom is -0.465 e. The van der Waals surface area contributed by atoms with Gasteiger partial charge in [-0.05, 0) is 38.4 Å². The van der Waals surface area contributed by atoms with Gasteiger partial charge in [-0.25, -0.2) is 4.39 Å². The lowest BCUT2D eigenvalue weighted by molar-refractivity contribution is -0.143. The van der Waals surface area contributed by atoms with E-state index < -0.39 is 6.17 Å². The summed E-state index contributed by atoms with van der Waals surface area (Å²) >= 11 is 1.71. The van der Waals surface area contributed by atoms with Crippen molar-refractivity contribution < 1.29 is 13.9 Å². The zero-order valence-corrected chi connectivity index (χ0v) is 14.1. The standard InChI is InChI=1S/C16H31FO2S/c1-4-6-11-15(16(18)19-12-5-2)20-13-9-7-8-10-14(3)17/h14-15H,4-13H2,1-3H3. The number of halogens is 1. The molecular weight excluding hydrogens is 275 g/mol. The van der Waals surface area contributed by atoms with Crippen molar-refractivity contribution >= 4 is 17.7 Å². The molecule has 0 rings (SSSR count). The molecule has 2 nitrogen and oxygen atoms in total. The maximum absolute atomic E-state index is 12.6. The molecule has 0 aromatic carbocycles. The van der Waals surface area contributed by atoms with E-state index in [-0.39, 0.29) is 11.2 Å². The second kappa shape index (κ2) is 13.7. The van der Waals surface area contributed by atoms with Crippen LogP contribution in [-0.2, 0) is 9.53 Å². The van der Waals surface area contributed by atoms with Crippen LogP contribution in [-0.4, -0.2) is 29.8 Å². The van der Waals surface area contributed by atoms with Crippen molar-refractivity contribution in [2.45, 2.75) is 83.6 Å². The van der Waals surface area contributed by atoms with Crippen molar-refractivity contribution in [3.63, 3.8) is 0 Å². The zero-order chi connectivity index (χ0) is 15.2. The van der Waals surface area contributed by atoms with Crippen LogP contribution in [0.5, 0.6) is 0 Å². The molecule has 2 unspecified atom stereocenters. The summed E-state index contributed by atoms with van der Waals surface area (Å²) in [4.78, 5) is 11.9. The molecule has 0 fully saturated rings. The summed E-state index contributed by atoms with van der Waals surface area (Å²) < 4.78 is 17.9. The molecule has 20 heavy (non-hydrogen) atoms. The molecule has 120 valence electrons. The number of thioether (sulfide) groups is 1. The van der Waals surface area contributed by atoms with Crippen LogP contribution in [0.2, 0.25) is 0 Å². The summed E-state index contributed by atoms with van der Waals surface area (Å²) in [6.45, 7) is 6.28. The van der Waals surface area contributed by atoms with Crippen molar-refractivity contribution in [2.24, 2.45) is 0 Å². The number of esters is 1. The molecule has 4 heteroatoms. The highest BCUT2D eigenvalue weighted by atomic mass is 32.2. The Hall–Kier alpha value is -0.250. The average Bonchev–Trinajstić information content (AvgIpc) is 2.42. The molecule has 0 amide bonds. The number of hydrogen-bond acceptors (Lipinski definition) is 3. The van der Waals surface area contributed by atoms with Gasteiger partial charge in [-0.1, -0.05) is 39.5 Å². The van der Waals surface area contributed by atoms with Crippen LogP contribution in [0.25, 0.3) is 0 Å². The van der Waals surface area contributed by atoms with Gasteiger partial charge in [0.2, 0.25) is 0 Å². The fraction of sp³-hybridized carbons (Fsp3) is 0.938. The molecule has 2 atom stereocenters. The number of ether oxygens (including phenoxy) is 1. The number of alkyl halides is 1. The van der Waals surface area contributed by atoms with Crippen molar-refractivity contribution in [1.82, 2.24) is 0 Å². The van der Waals surface area contributed by atoms with Crippen LogP contribution in [0.1, 0.15) is 72.1 Å². The Morgan fingerprint density at radius 2 is 1.85 bits per heavy atom. The van der Waals surface area contributed by atoms with Gasteiger partial charge in [-0.3, -0.25) is 4.79 Å². The molecule has 0 aliphatic rings. The van der Waals surface area contributed by atoms with E-state index in [9.17, 15) is 9.18 Å². The predicted octanol–water partition coefficient (Wildman–Crippen LogP) is 5.15. The number of carbonyl (C=O) groups is 1. The highest BCUT2D eigenvalue weighted by Crippen LogP contribution is 2.21. The molecular formula is C16H31FO2S. The van der Waals surface area contributed by atoms with Crippen molar-refractivity contribution in [3.05, 3.63) is 0 Å². The summed E-state index contributed by atoms with van der Waals surface area (Å²) in [5, 5.41) is -0.0124. The Kier molecular flexibility index (Phi) is 13.5. The van der Waals surface area contributed by atoms with E-state index in [0.29, 0.717) is 13.0 Å². The highest BCUT2D eigenvalue weighted by molar-refractivity contribution is 8.00. The molecule has 0 spiro atoms. The van der Waals surface area contributed by atoms with Gasteiger partial charge in [-0.2, -0.15) is 0 Å². The first-order valence-corrected chi connectivity index (χ1v) is 9.09. The summed E-state index contributed by atoms with van der Waals surface area (Å²) in [6.07, 6.45) is 6.96. The van der Waals surface area contributed by atoms with Gasteiger partial charge in [0.1, 0.15) is 5.25 Å². The van der Waals surface area contributed by atoms with Gasteiger partial charge in [0, 0.05) is 0 Å². The van der Waals surface area contributed by atoms with Crippen LogP contribution < -0.4 is 0 Å². The zero-order valence-electron chi connectivity index (χ0n) is 13.3. The smallest absolute Gasteiger partial charge is 0.319 e. The summed E-state index contributed by atoms with van der Waals surface area (Å²) in [5.41, 5.74) is 0. The number of hydrogen-bond donors (Lipinski definition) is 0. The van der Waals surface area contributed by atoms with Crippen molar-refractivity contribution in [1.29, 1.82) is 0 Å². The number of unbranched alkanes of at least 4 members (excludes halogenated alkanes) is 3. The second-order valence-corrected chi connectivity index (χ2v) is 6.61. The van der Waals surface area contributed by atoms with E-state index in [2.05, 4.69) is 6.92 Å². The first-order chi connectivity index (χ1) is 9.61. The van der Waals surface area contributed by atoms with Crippen molar-refractivity contribution in [3.8, 4) is 0 Å². The first-order valence-electron chi connectivity index (χ1n) is 8.04. The first kappa shape index (κ1) is 19.8. The SMILES string of the molecule is CCCCC(SCCCCCC(C)F)C(=O)OCCC. The van der Waals surface area contributed by atoms with E-state index in [1.54, 1.807) is 18.7 Å². The Balaban J connectivity index is 3.82. The van der Waals surface area contributed by atoms with Crippen LogP contribution in [0.15, 0.2) is 0 Å². The monoisotopic (exact) mass is 306 g/mol. The predicted molar refractivity (Wildman–Crippen MR) is 86.1 cm³/mol. The fourth-order valence-electron chi connectivity index (χ4n) is 1.88. The molecule has 0 saturated heterocycles. The highest BCUT2D eigenvalue weighted by Gasteiger charge is 2.19.